The number of carbonyl (C=O) groups is 1. The third-order valence-corrected chi connectivity index (χ3v) is 5.80. The second-order valence-electron chi connectivity index (χ2n) is 7.04. The van der Waals surface area contributed by atoms with Crippen LogP contribution in [0.15, 0.2) is 24.3 Å². The van der Waals surface area contributed by atoms with Crippen LogP contribution >= 0.6 is 11.3 Å². The largest absolute Gasteiger partial charge is 0.494 e. The van der Waals surface area contributed by atoms with E-state index < -0.39 is 0 Å². The number of hydrogen-bond donors (Lipinski definition) is 1. The van der Waals surface area contributed by atoms with E-state index in [1.165, 1.54) is 4.88 Å². The normalized spacial score (nSPS) is 13.2. The van der Waals surface area contributed by atoms with E-state index in [1.807, 2.05) is 12.1 Å². The molecule has 0 bridgehead atoms. The Kier molecular flexibility index (Phi) is 5.95. The van der Waals surface area contributed by atoms with E-state index in [0.29, 0.717) is 28.7 Å². The molecule has 1 aliphatic rings. The molecule has 1 amide bonds. The lowest BCUT2D eigenvalue weighted by molar-refractivity contribution is 0.102. The number of nitrogens with zero attached hydrogens (tertiary/aromatic N) is 1. The Balaban J connectivity index is 1.67. The number of thiophene rings is 1. The highest BCUT2D eigenvalue weighted by Crippen LogP contribution is 2.37. The fraction of sp³-hybridized carbons (Fsp3) is 0.429. The van der Waals surface area contributed by atoms with E-state index in [9.17, 15) is 10.1 Å². The van der Waals surface area contributed by atoms with Gasteiger partial charge in [0.25, 0.3) is 5.91 Å². The van der Waals surface area contributed by atoms with Gasteiger partial charge in [0.2, 0.25) is 0 Å². The van der Waals surface area contributed by atoms with Crippen molar-refractivity contribution in [1.82, 2.24) is 0 Å². The van der Waals surface area contributed by atoms with Gasteiger partial charge in [0, 0.05) is 10.4 Å². The van der Waals surface area contributed by atoms with Crippen LogP contribution in [-0.2, 0) is 12.8 Å². The zero-order valence-corrected chi connectivity index (χ0v) is 16.1. The van der Waals surface area contributed by atoms with Crippen LogP contribution in [0.1, 0.15) is 59.5 Å². The summed E-state index contributed by atoms with van der Waals surface area (Å²) < 4.78 is 5.69. The quantitative estimate of drug-likeness (QED) is 0.764. The zero-order chi connectivity index (χ0) is 18.5. The highest BCUT2D eigenvalue weighted by molar-refractivity contribution is 7.16. The number of hydrogen-bond acceptors (Lipinski definition) is 4. The molecule has 0 saturated heterocycles. The monoisotopic (exact) mass is 368 g/mol. The van der Waals surface area contributed by atoms with Crippen molar-refractivity contribution >= 4 is 22.2 Å². The average Bonchev–Trinajstić information content (AvgIpc) is 2.98. The van der Waals surface area contributed by atoms with Crippen LogP contribution in [-0.4, -0.2) is 12.5 Å². The topological polar surface area (TPSA) is 62.1 Å². The van der Waals surface area contributed by atoms with Crippen LogP contribution in [0.2, 0.25) is 0 Å². The standard InChI is InChI=1S/C21H24N2O2S/c1-14(2)11-12-25-16-9-7-15(8-10-16)20(24)23-21-18(13-22)17-5-3-4-6-19(17)26-21/h7-10,14H,3-6,11-12H2,1-2H3,(H,23,24). The number of anilines is 1. The van der Waals surface area contributed by atoms with Crippen LogP contribution in [0.5, 0.6) is 5.75 Å². The smallest absolute Gasteiger partial charge is 0.256 e. The summed E-state index contributed by atoms with van der Waals surface area (Å²) in [4.78, 5) is 13.8. The van der Waals surface area contributed by atoms with Gasteiger partial charge < -0.3 is 10.1 Å². The molecule has 1 aliphatic carbocycles. The van der Waals surface area contributed by atoms with Crippen LogP contribution in [0.25, 0.3) is 0 Å². The molecule has 0 radical (unpaired) electrons. The maximum absolute atomic E-state index is 12.6. The second-order valence-corrected chi connectivity index (χ2v) is 8.14. The summed E-state index contributed by atoms with van der Waals surface area (Å²) in [5, 5.41) is 13.1. The summed E-state index contributed by atoms with van der Waals surface area (Å²) in [6, 6.07) is 9.44. The summed E-state index contributed by atoms with van der Waals surface area (Å²) in [6.45, 7) is 5.00. The maximum Gasteiger partial charge on any atom is 0.256 e. The molecule has 5 heteroatoms. The van der Waals surface area contributed by atoms with E-state index in [0.717, 1.165) is 43.4 Å². The summed E-state index contributed by atoms with van der Waals surface area (Å²) in [5.41, 5.74) is 2.34. The van der Waals surface area contributed by atoms with Crippen molar-refractivity contribution in [2.24, 2.45) is 5.92 Å². The van der Waals surface area contributed by atoms with Crippen molar-refractivity contribution in [1.29, 1.82) is 5.26 Å². The molecule has 1 heterocycles. The lowest BCUT2D eigenvalue weighted by Gasteiger charge is -2.09. The molecule has 1 aromatic heterocycles. The van der Waals surface area contributed by atoms with Crippen molar-refractivity contribution in [2.75, 3.05) is 11.9 Å². The average molecular weight is 369 g/mol. The second kappa shape index (κ2) is 8.37. The van der Waals surface area contributed by atoms with Crippen LogP contribution < -0.4 is 10.1 Å². The maximum atomic E-state index is 12.6. The minimum atomic E-state index is -0.186. The molecule has 136 valence electrons. The predicted molar refractivity (Wildman–Crippen MR) is 105 cm³/mol. The lowest BCUT2D eigenvalue weighted by atomic mass is 9.96. The van der Waals surface area contributed by atoms with Crippen molar-refractivity contribution in [3.05, 3.63) is 45.8 Å². The number of carbonyl (C=O) groups excluding carboxylic acids is 1. The number of aryl methyl sites for hydroxylation is 1. The Bertz CT molecular complexity index is 816. The molecule has 2 aromatic rings. The van der Waals surface area contributed by atoms with Gasteiger partial charge in [-0.3, -0.25) is 4.79 Å². The van der Waals surface area contributed by atoms with E-state index in [2.05, 4.69) is 25.2 Å². The van der Waals surface area contributed by atoms with Gasteiger partial charge in [-0.25, -0.2) is 0 Å². The van der Waals surface area contributed by atoms with Gasteiger partial charge in [-0.15, -0.1) is 11.3 Å². The number of ether oxygens (including phenoxy) is 1. The van der Waals surface area contributed by atoms with Gasteiger partial charge in [0.05, 0.1) is 12.2 Å². The van der Waals surface area contributed by atoms with Gasteiger partial charge in [0.1, 0.15) is 16.8 Å². The summed E-state index contributed by atoms with van der Waals surface area (Å²) in [7, 11) is 0. The third kappa shape index (κ3) is 4.25. The molecule has 0 unspecified atom stereocenters. The minimum absolute atomic E-state index is 0.186. The van der Waals surface area contributed by atoms with Gasteiger partial charge in [-0.2, -0.15) is 5.26 Å². The van der Waals surface area contributed by atoms with Gasteiger partial charge in [-0.05, 0) is 67.9 Å². The molecule has 0 fully saturated rings. The molecular weight excluding hydrogens is 344 g/mol. The molecule has 3 rings (SSSR count). The number of nitrogens with one attached hydrogen (secondary N) is 1. The summed E-state index contributed by atoms with van der Waals surface area (Å²) in [5.74, 6) is 1.19. The van der Waals surface area contributed by atoms with Crippen molar-refractivity contribution in [3.63, 3.8) is 0 Å². The number of benzene rings is 1. The third-order valence-electron chi connectivity index (χ3n) is 4.59. The highest BCUT2D eigenvalue weighted by atomic mass is 32.1. The number of rotatable bonds is 6. The Hall–Kier alpha value is -2.32. The number of amides is 1. The first-order chi connectivity index (χ1) is 12.6. The van der Waals surface area contributed by atoms with Gasteiger partial charge >= 0.3 is 0 Å². The Morgan fingerprint density at radius 2 is 2.00 bits per heavy atom. The Morgan fingerprint density at radius 1 is 1.27 bits per heavy atom. The lowest BCUT2D eigenvalue weighted by Crippen LogP contribution is -2.12. The van der Waals surface area contributed by atoms with Crippen LogP contribution in [0.4, 0.5) is 5.00 Å². The highest BCUT2D eigenvalue weighted by Gasteiger charge is 2.22. The summed E-state index contributed by atoms with van der Waals surface area (Å²) in [6.07, 6.45) is 5.22. The van der Waals surface area contributed by atoms with Crippen LogP contribution in [0, 0.1) is 17.2 Å². The van der Waals surface area contributed by atoms with E-state index in [1.54, 1.807) is 23.5 Å². The van der Waals surface area contributed by atoms with E-state index in [4.69, 9.17) is 4.74 Å². The van der Waals surface area contributed by atoms with Gasteiger partial charge in [-0.1, -0.05) is 13.8 Å². The Morgan fingerprint density at radius 3 is 2.69 bits per heavy atom. The molecule has 1 aromatic carbocycles. The first kappa shape index (κ1) is 18.5. The molecule has 0 saturated carbocycles. The molecular formula is C21H24N2O2S. The molecule has 26 heavy (non-hydrogen) atoms. The SMILES string of the molecule is CC(C)CCOc1ccc(C(=O)Nc2sc3c(c2C#N)CCCC3)cc1. The first-order valence-electron chi connectivity index (χ1n) is 9.17. The molecule has 4 nitrogen and oxygen atoms in total. The Labute approximate surface area is 158 Å². The fourth-order valence-corrected chi connectivity index (χ4v) is 4.30. The summed E-state index contributed by atoms with van der Waals surface area (Å²) >= 11 is 1.55. The van der Waals surface area contributed by atoms with Crippen molar-refractivity contribution < 1.29 is 9.53 Å². The molecule has 0 aliphatic heterocycles. The molecule has 0 atom stereocenters. The molecule has 0 spiro atoms. The zero-order valence-electron chi connectivity index (χ0n) is 15.3. The van der Waals surface area contributed by atoms with Gasteiger partial charge in [0.15, 0.2) is 0 Å². The minimum Gasteiger partial charge on any atom is -0.494 e. The first-order valence-corrected chi connectivity index (χ1v) is 9.99. The van der Waals surface area contributed by atoms with Crippen LogP contribution in [0.3, 0.4) is 0 Å². The number of nitriles is 1. The fourth-order valence-electron chi connectivity index (χ4n) is 3.06. The number of fused-ring (bicyclic) bond motifs is 1. The van der Waals surface area contributed by atoms with Crippen molar-refractivity contribution in [3.8, 4) is 11.8 Å². The predicted octanol–water partition coefficient (Wildman–Crippen LogP) is 5.18. The van der Waals surface area contributed by atoms with E-state index >= 15 is 0 Å². The molecule has 1 N–H and O–H groups in total. The van der Waals surface area contributed by atoms with Crippen molar-refractivity contribution in [2.45, 2.75) is 46.0 Å². The van der Waals surface area contributed by atoms with E-state index in [-0.39, 0.29) is 5.91 Å².